The second-order valence-corrected chi connectivity index (χ2v) is 4.87. The fraction of sp³-hybridized carbons (Fsp3) is 0.133. The van der Waals surface area contributed by atoms with Crippen LogP contribution in [-0.4, -0.2) is 14.7 Å². The molecule has 5 nitrogen and oxygen atoms in total. The minimum Gasteiger partial charge on any atom is -0.334 e. The molecule has 118 valence electrons. The average molecular weight is 321 g/mol. The Kier molecular flexibility index (Phi) is 3.51. The number of alkyl halides is 3. The van der Waals surface area contributed by atoms with E-state index in [1.54, 1.807) is 7.05 Å². The molecule has 0 unspecified atom stereocenters. The first-order valence-corrected chi connectivity index (χ1v) is 6.53. The Morgan fingerprint density at radius 3 is 2.61 bits per heavy atom. The van der Waals surface area contributed by atoms with E-state index in [-0.39, 0.29) is 22.8 Å². The molecular weight excluding hydrogens is 311 g/mol. The van der Waals surface area contributed by atoms with E-state index in [0.717, 1.165) is 12.1 Å². The van der Waals surface area contributed by atoms with Gasteiger partial charge in [-0.05, 0) is 24.3 Å². The van der Waals surface area contributed by atoms with Crippen LogP contribution in [0.15, 0.2) is 51.9 Å². The van der Waals surface area contributed by atoms with Crippen molar-refractivity contribution >= 4 is 0 Å². The second kappa shape index (κ2) is 5.38. The molecule has 0 aliphatic rings. The van der Waals surface area contributed by atoms with Crippen LogP contribution in [0.1, 0.15) is 5.56 Å². The first-order valence-electron chi connectivity index (χ1n) is 6.53. The number of pyridine rings is 1. The van der Waals surface area contributed by atoms with Gasteiger partial charge in [0.05, 0.1) is 5.56 Å². The zero-order valence-electron chi connectivity index (χ0n) is 11.8. The SMILES string of the molecule is Cn1cc(-c2noc(-c3cccc(C(F)(F)F)c3)n2)ccc1=O. The molecule has 0 amide bonds. The lowest BCUT2D eigenvalue weighted by atomic mass is 10.1. The number of hydrogen-bond acceptors (Lipinski definition) is 4. The second-order valence-electron chi connectivity index (χ2n) is 4.87. The van der Waals surface area contributed by atoms with Crippen molar-refractivity contribution in [3.05, 3.63) is 58.5 Å². The van der Waals surface area contributed by atoms with Crippen LogP contribution in [0.25, 0.3) is 22.8 Å². The number of halogens is 3. The summed E-state index contributed by atoms with van der Waals surface area (Å²) in [6.45, 7) is 0. The molecule has 0 fully saturated rings. The van der Waals surface area contributed by atoms with E-state index in [4.69, 9.17) is 4.52 Å². The van der Waals surface area contributed by atoms with Crippen molar-refractivity contribution in [3.8, 4) is 22.8 Å². The summed E-state index contributed by atoms with van der Waals surface area (Å²) in [5, 5.41) is 3.74. The van der Waals surface area contributed by atoms with E-state index in [1.807, 2.05) is 0 Å². The summed E-state index contributed by atoms with van der Waals surface area (Å²) < 4.78 is 44.6. The van der Waals surface area contributed by atoms with Crippen molar-refractivity contribution in [2.24, 2.45) is 7.05 Å². The van der Waals surface area contributed by atoms with Crippen molar-refractivity contribution in [2.45, 2.75) is 6.18 Å². The van der Waals surface area contributed by atoms with Gasteiger partial charge in [0.15, 0.2) is 0 Å². The summed E-state index contributed by atoms with van der Waals surface area (Å²) in [7, 11) is 1.57. The van der Waals surface area contributed by atoms with Gasteiger partial charge < -0.3 is 9.09 Å². The fourth-order valence-corrected chi connectivity index (χ4v) is 2.01. The minimum atomic E-state index is -4.45. The number of aryl methyl sites for hydroxylation is 1. The van der Waals surface area contributed by atoms with E-state index < -0.39 is 11.7 Å². The summed E-state index contributed by atoms with van der Waals surface area (Å²) in [5.74, 6) is 0.160. The quantitative estimate of drug-likeness (QED) is 0.727. The van der Waals surface area contributed by atoms with Crippen LogP contribution in [0.3, 0.4) is 0 Å². The maximum absolute atomic E-state index is 12.7. The van der Waals surface area contributed by atoms with Gasteiger partial charge in [0.1, 0.15) is 0 Å². The van der Waals surface area contributed by atoms with Gasteiger partial charge >= 0.3 is 6.18 Å². The number of hydrogen-bond donors (Lipinski definition) is 0. The fourth-order valence-electron chi connectivity index (χ4n) is 2.01. The summed E-state index contributed by atoms with van der Waals surface area (Å²) in [6.07, 6.45) is -2.93. The number of nitrogens with zero attached hydrogens (tertiary/aromatic N) is 3. The highest BCUT2D eigenvalue weighted by Gasteiger charge is 2.30. The van der Waals surface area contributed by atoms with Gasteiger partial charge in [-0.2, -0.15) is 18.2 Å². The van der Waals surface area contributed by atoms with Crippen molar-refractivity contribution in [1.29, 1.82) is 0 Å². The Balaban J connectivity index is 1.99. The summed E-state index contributed by atoms with van der Waals surface area (Å²) in [4.78, 5) is 15.4. The lowest BCUT2D eigenvalue weighted by molar-refractivity contribution is -0.137. The average Bonchev–Trinajstić information content (AvgIpc) is 2.99. The van der Waals surface area contributed by atoms with Gasteiger partial charge in [0, 0.05) is 30.4 Å². The summed E-state index contributed by atoms with van der Waals surface area (Å²) >= 11 is 0. The van der Waals surface area contributed by atoms with Crippen LogP contribution in [0.2, 0.25) is 0 Å². The molecule has 3 rings (SSSR count). The standard InChI is InChI=1S/C15H10F3N3O2/c1-21-8-10(5-6-12(21)22)13-19-14(23-20-13)9-3-2-4-11(7-9)15(16,17)18/h2-8H,1H3. The summed E-state index contributed by atoms with van der Waals surface area (Å²) in [6, 6.07) is 7.49. The monoisotopic (exact) mass is 321 g/mol. The third-order valence-electron chi connectivity index (χ3n) is 3.21. The van der Waals surface area contributed by atoms with Crippen LogP contribution in [0.4, 0.5) is 13.2 Å². The van der Waals surface area contributed by atoms with Crippen LogP contribution in [0, 0.1) is 0 Å². The van der Waals surface area contributed by atoms with Gasteiger partial charge in [-0.15, -0.1) is 0 Å². The van der Waals surface area contributed by atoms with Crippen molar-refractivity contribution in [3.63, 3.8) is 0 Å². The molecule has 0 saturated heterocycles. The Bertz CT molecular complexity index is 913. The normalized spacial score (nSPS) is 11.7. The smallest absolute Gasteiger partial charge is 0.334 e. The topological polar surface area (TPSA) is 60.9 Å². The highest BCUT2D eigenvalue weighted by atomic mass is 19.4. The molecule has 0 aliphatic carbocycles. The number of rotatable bonds is 2. The molecule has 0 bridgehead atoms. The molecule has 0 radical (unpaired) electrons. The lowest BCUT2D eigenvalue weighted by Gasteiger charge is -2.06. The molecule has 1 aromatic carbocycles. The minimum absolute atomic E-state index is 0.0278. The Labute approximate surface area is 128 Å². The van der Waals surface area contributed by atoms with Gasteiger partial charge in [-0.25, -0.2) is 0 Å². The molecule has 0 spiro atoms. The molecule has 23 heavy (non-hydrogen) atoms. The van der Waals surface area contributed by atoms with Crippen molar-refractivity contribution in [2.75, 3.05) is 0 Å². The van der Waals surface area contributed by atoms with E-state index in [1.165, 1.54) is 35.0 Å². The third-order valence-corrected chi connectivity index (χ3v) is 3.21. The Hall–Kier alpha value is -2.90. The van der Waals surface area contributed by atoms with Crippen molar-refractivity contribution in [1.82, 2.24) is 14.7 Å². The first-order chi connectivity index (χ1) is 10.8. The van der Waals surface area contributed by atoms with Crippen LogP contribution in [0.5, 0.6) is 0 Å². The van der Waals surface area contributed by atoms with Crippen LogP contribution >= 0.6 is 0 Å². The predicted octanol–water partition coefficient (Wildman–Crippen LogP) is 3.12. The van der Waals surface area contributed by atoms with Crippen molar-refractivity contribution < 1.29 is 17.7 Å². The highest BCUT2D eigenvalue weighted by molar-refractivity contribution is 5.59. The van der Waals surface area contributed by atoms with Gasteiger partial charge in [0.2, 0.25) is 11.4 Å². The number of benzene rings is 1. The number of aromatic nitrogens is 3. The molecule has 2 heterocycles. The van der Waals surface area contributed by atoms with E-state index in [2.05, 4.69) is 10.1 Å². The molecular formula is C15H10F3N3O2. The van der Waals surface area contributed by atoms with Gasteiger partial charge in [-0.3, -0.25) is 4.79 Å². The third kappa shape index (κ3) is 3.01. The molecule has 3 aromatic rings. The van der Waals surface area contributed by atoms with Crippen LogP contribution < -0.4 is 5.56 Å². The summed E-state index contributed by atoms with van der Waals surface area (Å²) in [5.41, 5.74) is -0.301. The molecule has 0 aliphatic heterocycles. The first kappa shape index (κ1) is 15.0. The largest absolute Gasteiger partial charge is 0.416 e. The molecule has 0 saturated carbocycles. The van der Waals surface area contributed by atoms with Gasteiger partial charge in [-0.1, -0.05) is 11.2 Å². The molecule has 0 atom stereocenters. The van der Waals surface area contributed by atoms with E-state index in [0.29, 0.717) is 5.56 Å². The van der Waals surface area contributed by atoms with E-state index >= 15 is 0 Å². The molecule has 2 aromatic heterocycles. The zero-order valence-corrected chi connectivity index (χ0v) is 11.8. The highest BCUT2D eigenvalue weighted by Crippen LogP contribution is 2.32. The Morgan fingerprint density at radius 1 is 1.13 bits per heavy atom. The maximum Gasteiger partial charge on any atom is 0.416 e. The maximum atomic E-state index is 12.7. The van der Waals surface area contributed by atoms with E-state index in [9.17, 15) is 18.0 Å². The lowest BCUT2D eigenvalue weighted by Crippen LogP contribution is -2.14. The zero-order chi connectivity index (χ0) is 16.6. The van der Waals surface area contributed by atoms with Crippen LogP contribution in [-0.2, 0) is 13.2 Å². The predicted molar refractivity (Wildman–Crippen MR) is 75.4 cm³/mol. The van der Waals surface area contributed by atoms with Gasteiger partial charge in [0.25, 0.3) is 5.89 Å². The molecule has 8 heteroatoms. The molecule has 0 N–H and O–H groups in total. The Morgan fingerprint density at radius 2 is 1.91 bits per heavy atom.